The highest BCUT2D eigenvalue weighted by Gasteiger charge is 2.30. The van der Waals surface area contributed by atoms with Crippen LogP contribution >= 0.6 is 0 Å². The molecule has 1 saturated carbocycles. The average molecular weight is 317 g/mol. The number of primary amides is 1. The SMILES string of the molecule is CN(C)C(c1ccccc1)C1CCC(NC(=O)CC(N)=O)CC1. The predicted molar refractivity (Wildman–Crippen MR) is 90.6 cm³/mol. The molecule has 1 aromatic rings. The lowest BCUT2D eigenvalue weighted by atomic mass is 9.78. The fourth-order valence-corrected chi connectivity index (χ4v) is 3.66. The number of hydrogen-bond acceptors (Lipinski definition) is 3. The van der Waals surface area contributed by atoms with Crippen LogP contribution in [0, 0.1) is 5.92 Å². The van der Waals surface area contributed by atoms with Crippen molar-refractivity contribution in [3.8, 4) is 0 Å². The lowest BCUT2D eigenvalue weighted by molar-refractivity contribution is -0.128. The maximum atomic E-state index is 11.6. The molecular weight excluding hydrogens is 290 g/mol. The molecule has 23 heavy (non-hydrogen) atoms. The van der Waals surface area contributed by atoms with Crippen molar-refractivity contribution in [1.82, 2.24) is 10.2 Å². The topological polar surface area (TPSA) is 75.4 Å². The van der Waals surface area contributed by atoms with Crippen molar-refractivity contribution in [3.63, 3.8) is 0 Å². The van der Waals surface area contributed by atoms with Gasteiger partial charge in [-0.2, -0.15) is 0 Å². The zero-order valence-corrected chi connectivity index (χ0v) is 14.0. The Kier molecular flexibility index (Phi) is 6.16. The van der Waals surface area contributed by atoms with Gasteiger partial charge in [0.2, 0.25) is 11.8 Å². The van der Waals surface area contributed by atoms with E-state index in [2.05, 4.69) is 48.6 Å². The van der Waals surface area contributed by atoms with E-state index in [1.807, 2.05) is 6.07 Å². The normalized spacial score (nSPS) is 22.6. The maximum Gasteiger partial charge on any atom is 0.229 e. The zero-order chi connectivity index (χ0) is 16.8. The fourth-order valence-electron chi connectivity index (χ4n) is 3.66. The molecule has 0 bridgehead atoms. The maximum absolute atomic E-state index is 11.6. The van der Waals surface area contributed by atoms with Gasteiger partial charge in [0.05, 0.1) is 0 Å². The van der Waals surface area contributed by atoms with Crippen LogP contribution in [0.5, 0.6) is 0 Å². The number of nitrogens with zero attached hydrogens (tertiary/aromatic N) is 1. The highest BCUT2D eigenvalue weighted by atomic mass is 16.2. The van der Waals surface area contributed by atoms with Gasteiger partial charge in [0.1, 0.15) is 6.42 Å². The number of benzene rings is 1. The Morgan fingerprint density at radius 3 is 2.30 bits per heavy atom. The summed E-state index contributed by atoms with van der Waals surface area (Å²) in [5.74, 6) is -0.252. The summed E-state index contributed by atoms with van der Waals surface area (Å²) in [7, 11) is 4.25. The van der Waals surface area contributed by atoms with Crippen molar-refractivity contribution in [1.29, 1.82) is 0 Å². The Hall–Kier alpha value is -1.88. The molecule has 1 fully saturated rings. The number of nitrogens with one attached hydrogen (secondary N) is 1. The van der Waals surface area contributed by atoms with E-state index in [4.69, 9.17) is 5.73 Å². The second-order valence-electron chi connectivity index (χ2n) is 6.64. The Labute approximate surface area is 138 Å². The van der Waals surface area contributed by atoms with Gasteiger partial charge >= 0.3 is 0 Å². The minimum atomic E-state index is -0.576. The van der Waals surface area contributed by atoms with Crippen LogP contribution in [0.25, 0.3) is 0 Å². The number of carbonyl (C=O) groups excluding carboxylic acids is 2. The van der Waals surface area contributed by atoms with Crippen LogP contribution in [-0.2, 0) is 9.59 Å². The lowest BCUT2D eigenvalue weighted by Gasteiger charge is -2.37. The van der Waals surface area contributed by atoms with Crippen LogP contribution in [0.15, 0.2) is 30.3 Å². The quantitative estimate of drug-likeness (QED) is 0.786. The van der Waals surface area contributed by atoms with Gasteiger partial charge in [-0.1, -0.05) is 30.3 Å². The molecule has 0 spiro atoms. The molecule has 1 unspecified atom stereocenters. The van der Waals surface area contributed by atoms with Crippen molar-refractivity contribution in [3.05, 3.63) is 35.9 Å². The third-order valence-corrected chi connectivity index (χ3v) is 4.62. The van der Waals surface area contributed by atoms with Crippen LogP contribution in [0.2, 0.25) is 0 Å². The summed E-state index contributed by atoms with van der Waals surface area (Å²) in [5.41, 5.74) is 6.40. The smallest absolute Gasteiger partial charge is 0.229 e. The lowest BCUT2D eigenvalue weighted by Crippen LogP contribution is -2.41. The zero-order valence-electron chi connectivity index (χ0n) is 14.0. The summed E-state index contributed by atoms with van der Waals surface area (Å²) < 4.78 is 0. The van der Waals surface area contributed by atoms with Gasteiger partial charge in [0, 0.05) is 12.1 Å². The molecule has 1 aliphatic carbocycles. The third kappa shape index (κ3) is 5.06. The number of nitrogens with two attached hydrogens (primary N) is 1. The Bertz CT molecular complexity index is 522. The van der Waals surface area contributed by atoms with Crippen molar-refractivity contribution < 1.29 is 9.59 Å². The first-order chi connectivity index (χ1) is 11.0. The summed E-state index contributed by atoms with van der Waals surface area (Å²) in [6.45, 7) is 0. The molecule has 5 nitrogen and oxygen atoms in total. The highest BCUT2D eigenvalue weighted by Crippen LogP contribution is 2.37. The van der Waals surface area contributed by atoms with Crippen LogP contribution in [0.1, 0.15) is 43.7 Å². The van der Waals surface area contributed by atoms with Gasteiger partial charge < -0.3 is 16.0 Å². The van der Waals surface area contributed by atoms with Gasteiger partial charge in [0.25, 0.3) is 0 Å². The first-order valence-corrected chi connectivity index (χ1v) is 8.26. The number of amides is 2. The van der Waals surface area contributed by atoms with Crippen molar-refractivity contribution in [2.75, 3.05) is 14.1 Å². The summed E-state index contributed by atoms with van der Waals surface area (Å²) in [6.07, 6.45) is 3.82. The predicted octanol–water partition coefficient (Wildman–Crippen LogP) is 1.84. The number of hydrogen-bond donors (Lipinski definition) is 2. The van der Waals surface area contributed by atoms with Gasteiger partial charge in [-0.15, -0.1) is 0 Å². The van der Waals surface area contributed by atoms with Crippen LogP contribution in [0.4, 0.5) is 0 Å². The average Bonchev–Trinajstić information content (AvgIpc) is 2.49. The number of rotatable bonds is 6. The summed E-state index contributed by atoms with van der Waals surface area (Å²) >= 11 is 0. The minimum Gasteiger partial charge on any atom is -0.369 e. The molecule has 0 heterocycles. The van der Waals surface area contributed by atoms with E-state index in [-0.39, 0.29) is 18.4 Å². The molecule has 1 aromatic carbocycles. The summed E-state index contributed by atoms with van der Waals surface area (Å²) in [4.78, 5) is 24.7. The summed E-state index contributed by atoms with van der Waals surface area (Å²) in [5, 5.41) is 2.93. The third-order valence-electron chi connectivity index (χ3n) is 4.62. The van der Waals surface area contributed by atoms with E-state index in [0.29, 0.717) is 12.0 Å². The fraction of sp³-hybridized carbons (Fsp3) is 0.556. The van der Waals surface area contributed by atoms with E-state index in [1.54, 1.807) is 0 Å². The Balaban J connectivity index is 1.92. The van der Waals surface area contributed by atoms with Gasteiger partial charge in [0.15, 0.2) is 0 Å². The molecule has 2 rings (SSSR count). The minimum absolute atomic E-state index is 0.164. The first-order valence-electron chi connectivity index (χ1n) is 8.26. The van der Waals surface area contributed by atoms with E-state index >= 15 is 0 Å². The second-order valence-corrected chi connectivity index (χ2v) is 6.64. The van der Waals surface area contributed by atoms with Gasteiger partial charge in [-0.25, -0.2) is 0 Å². The van der Waals surface area contributed by atoms with Crippen molar-refractivity contribution in [2.24, 2.45) is 11.7 Å². The molecule has 0 saturated heterocycles. The summed E-state index contributed by atoms with van der Waals surface area (Å²) in [6, 6.07) is 11.1. The van der Waals surface area contributed by atoms with Crippen molar-refractivity contribution >= 4 is 11.8 Å². The molecule has 2 amide bonds. The van der Waals surface area contributed by atoms with Crippen molar-refractivity contribution in [2.45, 2.75) is 44.2 Å². The van der Waals surface area contributed by atoms with E-state index in [9.17, 15) is 9.59 Å². The van der Waals surface area contributed by atoms with E-state index in [0.717, 1.165) is 25.7 Å². The van der Waals surface area contributed by atoms with Crippen LogP contribution in [0.3, 0.4) is 0 Å². The highest BCUT2D eigenvalue weighted by molar-refractivity contribution is 5.96. The number of carbonyl (C=O) groups is 2. The molecular formula is C18H27N3O2. The van der Waals surface area contributed by atoms with E-state index in [1.165, 1.54) is 5.56 Å². The molecule has 0 aromatic heterocycles. The van der Waals surface area contributed by atoms with E-state index < -0.39 is 5.91 Å². The van der Waals surface area contributed by atoms with Gasteiger partial charge in [-0.3, -0.25) is 9.59 Å². The monoisotopic (exact) mass is 317 g/mol. The second kappa shape index (κ2) is 8.11. The molecule has 1 atom stereocenters. The largest absolute Gasteiger partial charge is 0.369 e. The molecule has 3 N–H and O–H groups in total. The first kappa shape index (κ1) is 17.5. The molecule has 0 radical (unpaired) electrons. The Morgan fingerprint density at radius 1 is 1.17 bits per heavy atom. The Morgan fingerprint density at radius 2 is 1.78 bits per heavy atom. The van der Waals surface area contributed by atoms with Gasteiger partial charge in [-0.05, 0) is 51.3 Å². The van der Waals surface area contributed by atoms with Crippen LogP contribution in [-0.4, -0.2) is 36.9 Å². The standard InChI is InChI=1S/C18H27N3O2/c1-21(2)18(13-6-4-3-5-7-13)14-8-10-15(11-9-14)20-17(23)12-16(19)22/h3-7,14-15,18H,8-12H2,1-2H3,(H2,19,22)(H,20,23). The molecule has 0 aliphatic heterocycles. The molecule has 5 heteroatoms. The van der Waals surface area contributed by atoms with Crippen LogP contribution < -0.4 is 11.1 Å². The molecule has 126 valence electrons. The molecule has 1 aliphatic rings.